The lowest BCUT2D eigenvalue weighted by Crippen LogP contribution is -2.22. The Morgan fingerprint density at radius 3 is 2.88 bits per heavy atom. The smallest absolute Gasteiger partial charge is 0.120 e. The summed E-state index contributed by atoms with van der Waals surface area (Å²) in [4.78, 5) is 0. The zero-order valence-electron chi connectivity index (χ0n) is 10.3. The number of phenols is 1. The van der Waals surface area contributed by atoms with Gasteiger partial charge in [0.15, 0.2) is 0 Å². The lowest BCUT2D eigenvalue weighted by molar-refractivity contribution is 0.449. The maximum atomic E-state index is 9.82. The Bertz CT molecular complexity index is 375. The highest BCUT2D eigenvalue weighted by molar-refractivity contribution is 5.37. The predicted octanol–water partition coefficient (Wildman–Crippen LogP) is 3.15. The molecule has 1 fully saturated rings. The lowest BCUT2D eigenvalue weighted by atomic mass is 10.0. The average molecular weight is 219 g/mol. The Labute approximate surface area is 97.7 Å². The first-order valence-electron chi connectivity index (χ1n) is 6.17. The first-order valence-corrected chi connectivity index (χ1v) is 6.17. The second kappa shape index (κ2) is 4.46. The molecule has 2 rings (SSSR count). The van der Waals surface area contributed by atoms with Gasteiger partial charge in [-0.25, -0.2) is 0 Å². The quantitative estimate of drug-likeness (QED) is 0.815. The van der Waals surface area contributed by atoms with Crippen LogP contribution in [0.15, 0.2) is 18.2 Å². The van der Waals surface area contributed by atoms with Gasteiger partial charge in [-0.1, -0.05) is 31.0 Å². The van der Waals surface area contributed by atoms with Crippen molar-refractivity contribution in [3.63, 3.8) is 0 Å². The van der Waals surface area contributed by atoms with Gasteiger partial charge in [-0.3, -0.25) is 0 Å². The molecule has 1 aromatic carbocycles. The minimum atomic E-state index is 0.237. The summed E-state index contributed by atoms with van der Waals surface area (Å²) in [6.45, 7) is 6.42. The summed E-state index contributed by atoms with van der Waals surface area (Å²) >= 11 is 0. The lowest BCUT2D eigenvalue weighted by Gasteiger charge is -2.16. The van der Waals surface area contributed by atoms with Crippen LogP contribution in [0.4, 0.5) is 0 Å². The number of rotatable bonds is 4. The van der Waals surface area contributed by atoms with Crippen molar-refractivity contribution in [3.8, 4) is 5.75 Å². The van der Waals surface area contributed by atoms with Crippen LogP contribution in [0.2, 0.25) is 0 Å². The number of aryl methyl sites for hydroxylation is 1. The summed E-state index contributed by atoms with van der Waals surface area (Å²) in [5, 5.41) is 13.4. The molecule has 1 saturated carbocycles. The molecule has 0 heterocycles. The van der Waals surface area contributed by atoms with E-state index >= 15 is 0 Å². The fraction of sp³-hybridized carbons (Fsp3) is 0.571. The van der Waals surface area contributed by atoms with Crippen LogP contribution in [0.25, 0.3) is 0 Å². The maximum absolute atomic E-state index is 9.82. The van der Waals surface area contributed by atoms with Crippen molar-refractivity contribution >= 4 is 0 Å². The molecule has 2 heteroatoms. The van der Waals surface area contributed by atoms with Crippen LogP contribution in [0.1, 0.15) is 43.9 Å². The molecule has 3 unspecified atom stereocenters. The molecule has 16 heavy (non-hydrogen) atoms. The molecule has 1 aromatic rings. The molecule has 2 nitrogen and oxygen atoms in total. The summed E-state index contributed by atoms with van der Waals surface area (Å²) in [6, 6.07) is 6.68. The van der Waals surface area contributed by atoms with Gasteiger partial charge in [0.05, 0.1) is 0 Å². The first-order chi connectivity index (χ1) is 7.61. The Kier molecular flexibility index (Phi) is 3.20. The molecule has 0 amide bonds. The van der Waals surface area contributed by atoms with Gasteiger partial charge in [-0.15, -0.1) is 0 Å². The standard InChI is InChI=1S/C14H21NO/c1-4-11-8-13(11)15-10(3)12-7-9(2)5-6-14(12)16/h5-7,10-11,13,15-16H,4,8H2,1-3H3. The van der Waals surface area contributed by atoms with E-state index in [0.717, 1.165) is 11.5 Å². The summed E-state index contributed by atoms with van der Waals surface area (Å²) in [7, 11) is 0. The van der Waals surface area contributed by atoms with E-state index < -0.39 is 0 Å². The van der Waals surface area contributed by atoms with Gasteiger partial charge in [0.2, 0.25) is 0 Å². The van der Waals surface area contributed by atoms with E-state index in [9.17, 15) is 5.11 Å². The molecule has 0 radical (unpaired) electrons. The Morgan fingerprint density at radius 2 is 2.25 bits per heavy atom. The fourth-order valence-corrected chi connectivity index (χ4v) is 2.33. The second-order valence-corrected chi connectivity index (χ2v) is 4.96. The van der Waals surface area contributed by atoms with E-state index in [1.54, 1.807) is 6.07 Å². The summed E-state index contributed by atoms with van der Waals surface area (Å²) in [6.07, 6.45) is 2.54. The van der Waals surface area contributed by atoms with Crippen molar-refractivity contribution in [1.82, 2.24) is 5.32 Å². The van der Waals surface area contributed by atoms with Gasteiger partial charge in [0.25, 0.3) is 0 Å². The zero-order chi connectivity index (χ0) is 11.7. The highest BCUT2D eigenvalue weighted by Gasteiger charge is 2.36. The third-order valence-electron chi connectivity index (χ3n) is 3.56. The number of aromatic hydroxyl groups is 1. The van der Waals surface area contributed by atoms with Gasteiger partial charge in [0.1, 0.15) is 5.75 Å². The third-order valence-corrected chi connectivity index (χ3v) is 3.56. The topological polar surface area (TPSA) is 32.3 Å². The molecule has 1 aliphatic carbocycles. The Balaban J connectivity index is 2.03. The maximum Gasteiger partial charge on any atom is 0.120 e. The highest BCUT2D eigenvalue weighted by atomic mass is 16.3. The van der Waals surface area contributed by atoms with Crippen LogP contribution in [-0.4, -0.2) is 11.1 Å². The first kappa shape index (κ1) is 11.5. The van der Waals surface area contributed by atoms with Crippen molar-refractivity contribution in [3.05, 3.63) is 29.3 Å². The highest BCUT2D eigenvalue weighted by Crippen LogP contribution is 2.36. The van der Waals surface area contributed by atoms with Crippen molar-refractivity contribution in [2.24, 2.45) is 5.92 Å². The summed E-state index contributed by atoms with van der Waals surface area (Å²) in [5.74, 6) is 1.24. The van der Waals surface area contributed by atoms with Gasteiger partial charge in [-0.2, -0.15) is 0 Å². The van der Waals surface area contributed by atoms with Gasteiger partial charge < -0.3 is 10.4 Å². The van der Waals surface area contributed by atoms with Crippen LogP contribution in [0.3, 0.4) is 0 Å². The monoisotopic (exact) mass is 219 g/mol. The number of hydrogen-bond acceptors (Lipinski definition) is 2. The molecule has 88 valence electrons. The SMILES string of the molecule is CCC1CC1NC(C)c1cc(C)ccc1O. The third kappa shape index (κ3) is 2.38. The molecule has 0 saturated heterocycles. The van der Waals surface area contributed by atoms with Crippen LogP contribution >= 0.6 is 0 Å². The molecule has 1 aliphatic rings. The van der Waals surface area contributed by atoms with Crippen molar-refractivity contribution in [1.29, 1.82) is 0 Å². The Hall–Kier alpha value is -1.02. The zero-order valence-corrected chi connectivity index (χ0v) is 10.3. The van der Waals surface area contributed by atoms with E-state index in [1.807, 2.05) is 6.07 Å². The van der Waals surface area contributed by atoms with Gasteiger partial charge in [0, 0.05) is 17.6 Å². The normalized spacial score (nSPS) is 25.4. The van der Waals surface area contributed by atoms with Crippen LogP contribution < -0.4 is 5.32 Å². The second-order valence-electron chi connectivity index (χ2n) is 4.96. The van der Waals surface area contributed by atoms with Gasteiger partial charge in [-0.05, 0) is 32.3 Å². The van der Waals surface area contributed by atoms with Crippen LogP contribution in [0.5, 0.6) is 5.75 Å². The van der Waals surface area contributed by atoms with E-state index in [2.05, 4.69) is 32.2 Å². The molecular weight excluding hydrogens is 198 g/mol. The minimum Gasteiger partial charge on any atom is -0.508 e. The molecular formula is C14H21NO. The van der Waals surface area contributed by atoms with E-state index in [0.29, 0.717) is 11.8 Å². The van der Waals surface area contributed by atoms with Crippen molar-refractivity contribution in [2.45, 2.75) is 45.7 Å². The van der Waals surface area contributed by atoms with Crippen molar-refractivity contribution in [2.75, 3.05) is 0 Å². The average Bonchev–Trinajstić information content (AvgIpc) is 3.00. The van der Waals surface area contributed by atoms with E-state index in [4.69, 9.17) is 0 Å². The summed E-state index contributed by atoms with van der Waals surface area (Å²) < 4.78 is 0. The molecule has 0 spiro atoms. The number of phenolic OH excluding ortho intramolecular Hbond substituents is 1. The largest absolute Gasteiger partial charge is 0.508 e. The molecule has 0 bridgehead atoms. The number of nitrogens with one attached hydrogen (secondary N) is 1. The number of benzene rings is 1. The van der Waals surface area contributed by atoms with Crippen LogP contribution in [0, 0.1) is 12.8 Å². The van der Waals surface area contributed by atoms with E-state index in [1.165, 1.54) is 18.4 Å². The molecule has 0 aromatic heterocycles. The van der Waals surface area contributed by atoms with E-state index in [-0.39, 0.29) is 6.04 Å². The van der Waals surface area contributed by atoms with Crippen molar-refractivity contribution < 1.29 is 5.11 Å². The predicted molar refractivity (Wildman–Crippen MR) is 66.6 cm³/mol. The summed E-state index contributed by atoms with van der Waals surface area (Å²) in [5.41, 5.74) is 2.21. The van der Waals surface area contributed by atoms with Crippen LogP contribution in [-0.2, 0) is 0 Å². The molecule has 2 N–H and O–H groups in total. The Morgan fingerprint density at radius 1 is 1.50 bits per heavy atom. The van der Waals surface area contributed by atoms with Gasteiger partial charge >= 0.3 is 0 Å². The molecule has 0 aliphatic heterocycles. The minimum absolute atomic E-state index is 0.237. The number of hydrogen-bond donors (Lipinski definition) is 2. The molecule has 3 atom stereocenters. The fourth-order valence-electron chi connectivity index (χ4n) is 2.33.